The second-order valence-electron chi connectivity index (χ2n) is 10.4. The number of fused-ring (bicyclic) bond motifs is 2. The van der Waals surface area contributed by atoms with E-state index in [1.54, 1.807) is 0 Å². The molecule has 0 radical (unpaired) electrons. The summed E-state index contributed by atoms with van der Waals surface area (Å²) >= 11 is 0. The first kappa shape index (κ1) is 27.5. The number of nitrogens with zero attached hydrogens (tertiary/aromatic N) is 1. The number of rotatable bonds is 9. The number of hydrogen-bond acceptors (Lipinski definition) is 5. The normalized spacial score (nSPS) is 20.4. The number of sulfonamides is 1. The summed E-state index contributed by atoms with van der Waals surface area (Å²) in [6, 6.07) is 18.9. The summed E-state index contributed by atoms with van der Waals surface area (Å²) in [4.78, 5) is 26.0. The predicted molar refractivity (Wildman–Crippen MR) is 147 cm³/mol. The van der Waals surface area contributed by atoms with Crippen LogP contribution in [0.25, 0.3) is 0 Å². The van der Waals surface area contributed by atoms with Gasteiger partial charge in [-0.25, -0.2) is 17.5 Å². The van der Waals surface area contributed by atoms with Crippen molar-refractivity contribution in [2.24, 2.45) is 11.8 Å². The molecule has 0 aromatic heterocycles. The number of carbonyl (C=O) groups excluding carboxylic acids is 2. The van der Waals surface area contributed by atoms with Gasteiger partial charge in [0.2, 0.25) is 15.9 Å². The van der Waals surface area contributed by atoms with Crippen LogP contribution in [0, 0.1) is 29.0 Å². The quantitative estimate of drug-likeness (QED) is 0.362. The average Bonchev–Trinajstić information content (AvgIpc) is 2.92. The number of carbonyl (C=O) groups is 2. The van der Waals surface area contributed by atoms with Gasteiger partial charge in [-0.05, 0) is 85.5 Å². The third-order valence-electron chi connectivity index (χ3n) is 7.70. The number of benzene rings is 3. The Kier molecular flexibility index (Phi) is 7.96. The molecular weight excluding hydrogens is 531 g/mol. The molecule has 206 valence electrons. The van der Waals surface area contributed by atoms with Crippen LogP contribution >= 0.6 is 0 Å². The zero-order valence-electron chi connectivity index (χ0n) is 21.6. The number of hydrogen-bond donors (Lipinski definition) is 3. The zero-order chi connectivity index (χ0) is 28.3. The van der Waals surface area contributed by atoms with Crippen LogP contribution in [0.5, 0.6) is 0 Å². The van der Waals surface area contributed by atoms with Crippen molar-refractivity contribution in [1.82, 2.24) is 10.0 Å². The summed E-state index contributed by atoms with van der Waals surface area (Å²) in [5.74, 6) is -0.557. The molecule has 3 N–H and O–H groups in total. The van der Waals surface area contributed by atoms with Crippen molar-refractivity contribution in [3.05, 3.63) is 95.3 Å². The molecule has 0 heterocycles. The molecule has 0 saturated heterocycles. The molecular formula is C30H29FN4O4S. The summed E-state index contributed by atoms with van der Waals surface area (Å²) in [7, 11) is -3.93. The summed E-state index contributed by atoms with van der Waals surface area (Å²) in [6.07, 6.45) is 4.03. The van der Waals surface area contributed by atoms with E-state index >= 15 is 0 Å². The lowest BCUT2D eigenvalue weighted by molar-refractivity contribution is -0.118. The van der Waals surface area contributed by atoms with E-state index in [1.165, 1.54) is 30.3 Å². The Hall–Kier alpha value is -4.07. The molecule has 1 unspecified atom stereocenters. The Bertz CT molecular complexity index is 1550. The van der Waals surface area contributed by atoms with Gasteiger partial charge in [0.1, 0.15) is 17.9 Å². The van der Waals surface area contributed by atoms with Gasteiger partial charge in [0.25, 0.3) is 5.91 Å². The average molecular weight is 561 g/mol. The van der Waals surface area contributed by atoms with Crippen LogP contribution in [0.15, 0.2) is 77.7 Å². The van der Waals surface area contributed by atoms with Crippen LogP contribution in [0.2, 0.25) is 0 Å². The summed E-state index contributed by atoms with van der Waals surface area (Å²) in [5, 5.41) is 15.1. The fourth-order valence-electron chi connectivity index (χ4n) is 5.48. The Labute approximate surface area is 232 Å². The molecule has 2 amide bonds. The van der Waals surface area contributed by atoms with E-state index in [4.69, 9.17) is 0 Å². The number of halogens is 1. The lowest BCUT2D eigenvalue weighted by atomic mass is 9.63. The number of anilines is 1. The molecule has 3 aliphatic rings. The Morgan fingerprint density at radius 3 is 2.38 bits per heavy atom. The van der Waals surface area contributed by atoms with Crippen LogP contribution in [0.3, 0.4) is 0 Å². The third kappa shape index (κ3) is 6.22. The van der Waals surface area contributed by atoms with E-state index < -0.39 is 33.7 Å². The van der Waals surface area contributed by atoms with Crippen LogP contribution in [0.1, 0.15) is 47.2 Å². The van der Waals surface area contributed by atoms with E-state index in [2.05, 4.69) is 15.4 Å². The van der Waals surface area contributed by atoms with Gasteiger partial charge in [-0.2, -0.15) is 5.26 Å². The molecule has 3 aromatic rings. The first-order chi connectivity index (χ1) is 19.2. The highest BCUT2D eigenvalue weighted by Gasteiger charge is 2.41. The van der Waals surface area contributed by atoms with Crippen molar-refractivity contribution in [3.63, 3.8) is 0 Å². The minimum absolute atomic E-state index is 0.0949. The van der Waals surface area contributed by atoms with Crippen molar-refractivity contribution in [2.75, 3.05) is 5.32 Å². The van der Waals surface area contributed by atoms with Crippen LogP contribution in [-0.4, -0.2) is 32.3 Å². The topological polar surface area (TPSA) is 128 Å². The zero-order valence-corrected chi connectivity index (χ0v) is 22.5. The summed E-state index contributed by atoms with van der Waals surface area (Å²) in [6.45, 7) is 0. The van der Waals surface area contributed by atoms with Gasteiger partial charge in [-0.15, -0.1) is 0 Å². The first-order valence-electron chi connectivity index (χ1n) is 13.2. The minimum Gasteiger partial charge on any atom is -0.340 e. The highest BCUT2D eigenvalue weighted by molar-refractivity contribution is 7.89. The minimum atomic E-state index is -3.93. The fourth-order valence-corrected chi connectivity index (χ4v) is 6.96. The molecule has 0 spiro atoms. The van der Waals surface area contributed by atoms with E-state index in [1.807, 2.05) is 36.4 Å². The van der Waals surface area contributed by atoms with Gasteiger partial charge in [0.05, 0.1) is 10.5 Å². The molecule has 2 atom stereocenters. The van der Waals surface area contributed by atoms with E-state index in [0.29, 0.717) is 11.8 Å². The monoisotopic (exact) mass is 560 g/mol. The van der Waals surface area contributed by atoms with Crippen LogP contribution in [-0.2, 0) is 21.2 Å². The van der Waals surface area contributed by atoms with Gasteiger partial charge in [-0.1, -0.05) is 30.3 Å². The van der Waals surface area contributed by atoms with Gasteiger partial charge in [-0.3, -0.25) is 9.59 Å². The van der Waals surface area contributed by atoms with Crippen molar-refractivity contribution in [3.8, 4) is 6.07 Å². The molecule has 6 rings (SSSR count). The first-order valence-corrected chi connectivity index (χ1v) is 14.7. The maximum absolute atomic E-state index is 13.3. The lowest BCUT2D eigenvalue weighted by Gasteiger charge is -2.46. The fraction of sp³-hybridized carbons (Fsp3) is 0.300. The SMILES string of the molecule is N#Cc1cc(NC(=O)[C@H](Cc2ccccc2)NC(=O)c2ccc(F)cc2)ccc1S(=O)(=O)NC1CCC2CC1C2. The van der Waals surface area contributed by atoms with Gasteiger partial charge in [0, 0.05) is 23.7 Å². The van der Waals surface area contributed by atoms with Gasteiger partial charge in [0.15, 0.2) is 0 Å². The number of nitriles is 1. The second-order valence-corrected chi connectivity index (χ2v) is 12.1. The number of amides is 2. The molecule has 3 aromatic carbocycles. The summed E-state index contributed by atoms with van der Waals surface area (Å²) < 4.78 is 42.4. The molecule has 10 heteroatoms. The van der Waals surface area contributed by atoms with Crippen molar-refractivity contribution < 1.29 is 22.4 Å². The van der Waals surface area contributed by atoms with Gasteiger partial charge >= 0.3 is 0 Å². The van der Waals surface area contributed by atoms with Crippen LogP contribution in [0.4, 0.5) is 10.1 Å². The largest absolute Gasteiger partial charge is 0.340 e. The molecule has 40 heavy (non-hydrogen) atoms. The standard InChI is InChI=1S/C30H29FN4O4S/c31-24-9-7-21(8-10-24)29(36)34-27(16-19-4-2-1-3-5-19)30(37)33-25-11-13-28(23(17-25)18-32)40(38,39)35-26-12-6-20-14-22(26)15-20/h1-5,7-11,13,17,20,22,26-27,35H,6,12,14-16H2,(H,33,37)(H,34,36)/t20?,22?,26?,27-/m0/s1. The summed E-state index contributed by atoms with van der Waals surface area (Å²) in [5.41, 5.74) is 1.11. The Morgan fingerprint density at radius 1 is 1.00 bits per heavy atom. The molecule has 3 saturated carbocycles. The van der Waals surface area contributed by atoms with Gasteiger partial charge < -0.3 is 10.6 Å². The number of nitrogens with one attached hydrogen (secondary N) is 3. The van der Waals surface area contributed by atoms with E-state index in [0.717, 1.165) is 43.4 Å². The predicted octanol–water partition coefficient (Wildman–Crippen LogP) is 4.14. The Balaban J connectivity index is 1.33. The second kappa shape index (κ2) is 11.6. The van der Waals surface area contributed by atoms with Crippen LogP contribution < -0.4 is 15.4 Å². The third-order valence-corrected chi connectivity index (χ3v) is 9.25. The molecule has 0 aliphatic heterocycles. The highest BCUT2D eigenvalue weighted by atomic mass is 32.2. The van der Waals surface area contributed by atoms with E-state index in [9.17, 15) is 27.7 Å². The Morgan fingerprint density at radius 2 is 1.73 bits per heavy atom. The molecule has 2 bridgehead atoms. The maximum atomic E-state index is 13.3. The van der Waals surface area contributed by atoms with Crippen molar-refractivity contribution >= 4 is 27.5 Å². The maximum Gasteiger partial charge on any atom is 0.251 e. The smallest absolute Gasteiger partial charge is 0.251 e. The molecule has 3 fully saturated rings. The highest BCUT2D eigenvalue weighted by Crippen LogP contribution is 2.45. The molecule has 3 aliphatic carbocycles. The van der Waals surface area contributed by atoms with Crippen molar-refractivity contribution in [2.45, 2.75) is 49.1 Å². The van der Waals surface area contributed by atoms with Crippen molar-refractivity contribution in [1.29, 1.82) is 5.26 Å². The molecule has 8 nitrogen and oxygen atoms in total. The van der Waals surface area contributed by atoms with E-state index in [-0.39, 0.29) is 34.2 Å². The lowest BCUT2D eigenvalue weighted by Crippen LogP contribution is -2.49.